The summed E-state index contributed by atoms with van der Waals surface area (Å²) in [4.78, 5) is 10.2. The number of aliphatic hydroxyl groups is 1. The van der Waals surface area contributed by atoms with Gasteiger partial charge >= 0.3 is 0 Å². The van der Waals surface area contributed by atoms with E-state index in [-0.39, 0.29) is 5.69 Å². The number of aryl methyl sites for hydroxylation is 1. The summed E-state index contributed by atoms with van der Waals surface area (Å²) in [7, 11) is 0. The Hall–Kier alpha value is -2.40. The Morgan fingerprint density at radius 3 is 2.35 bits per heavy atom. The van der Waals surface area contributed by atoms with Crippen LogP contribution in [0, 0.1) is 17.0 Å². The van der Waals surface area contributed by atoms with Crippen molar-refractivity contribution in [2.45, 2.75) is 20.0 Å². The first-order chi connectivity index (χ1) is 9.47. The quantitative estimate of drug-likeness (QED) is 0.680. The van der Waals surface area contributed by atoms with E-state index in [1.807, 2.05) is 0 Å². The molecule has 0 unspecified atom stereocenters. The molecule has 0 saturated heterocycles. The van der Waals surface area contributed by atoms with E-state index in [4.69, 9.17) is 4.74 Å². The highest BCUT2D eigenvalue weighted by Crippen LogP contribution is 2.28. The third-order valence-corrected chi connectivity index (χ3v) is 2.96. The average molecular weight is 273 g/mol. The van der Waals surface area contributed by atoms with Crippen molar-refractivity contribution < 1.29 is 14.8 Å². The standard InChI is InChI=1S/C15H15NO4/c1-10-9-13(16(18)19)5-8-15(10)20-14-6-3-12(4-7-14)11(2)17/h3-9,11,17H,1-2H3/t11-/m0/s1. The highest BCUT2D eigenvalue weighted by Gasteiger charge is 2.09. The number of aliphatic hydroxyl groups excluding tert-OH is 1. The first kappa shape index (κ1) is 14.0. The summed E-state index contributed by atoms with van der Waals surface area (Å²) in [5.74, 6) is 1.19. The second-order valence-corrected chi connectivity index (χ2v) is 4.55. The molecule has 20 heavy (non-hydrogen) atoms. The SMILES string of the molecule is Cc1cc([N+](=O)[O-])ccc1Oc1ccc([C@H](C)O)cc1. The summed E-state index contributed by atoms with van der Waals surface area (Å²) in [6, 6.07) is 11.5. The van der Waals surface area contributed by atoms with Gasteiger partial charge in [-0.2, -0.15) is 0 Å². The molecule has 0 fully saturated rings. The van der Waals surface area contributed by atoms with Gasteiger partial charge in [-0.25, -0.2) is 0 Å². The maximum absolute atomic E-state index is 10.7. The molecule has 0 heterocycles. The molecule has 2 aromatic carbocycles. The Morgan fingerprint density at radius 2 is 1.85 bits per heavy atom. The van der Waals surface area contributed by atoms with Gasteiger partial charge in [0.1, 0.15) is 11.5 Å². The zero-order valence-corrected chi connectivity index (χ0v) is 11.2. The van der Waals surface area contributed by atoms with E-state index in [0.717, 1.165) is 5.56 Å². The first-order valence-electron chi connectivity index (χ1n) is 6.18. The van der Waals surface area contributed by atoms with Crippen LogP contribution in [0.3, 0.4) is 0 Å². The largest absolute Gasteiger partial charge is 0.457 e. The van der Waals surface area contributed by atoms with E-state index in [0.29, 0.717) is 17.1 Å². The summed E-state index contributed by atoms with van der Waals surface area (Å²) < 4.78 is 5.67. The Kier molecular flexibility index (Phi) is 4.00. The molecule has 104 valence electrons. The average Bonchev–Trinajstić information content (AvgIpc) is 2.41. The number of nitrogens with zero attached hydrogens (tertiary/aromatic N) is 1. The molecule has 1 N–H and O–H groups in total. The zero-order chi connectivity index (χ0) is 14.7. The summed E-state index contributed by atoms with van der Waals surface area (Å²) in [6.45, 7) is 3.45. The van der Waals surface area contributed by atoms with Gasteiger partial charge < -0.3 is 9.84 Å². The molecule has 0 aliphatic rings. The molecule has 2 aromatic rings. The van der Waals surface area contributed by atoms with Crippen molar-refractivity contribution in [1.29, 1.82) is 0 Å². The van der Waals surface area contributed by atoms with Crippen molar-refractivity contribution in [2.75, 3.05) is 0 Å². The third kappa shape index (κ3) is 3.13. The van der Waals surface area contributed by atoms with Crippen molar-refractivity contribution >= 4 is 5.69 Å². The van der Waals surface area contributed by atoms with Crippen molar-refractivity contribution in [3.8, 4) is 11.5 Å². The number of nitro groups is 1. The van der Waals surface area contributed by atoms with Crippen LogP contribution in [0.5, 0.6) is 11.5 Å². The van der Waals surface area contributed by atoms with Gasteiger partial charge in [0.25, 0.3) is 5.69 Å². The Morgan fingerprint density at radius 1 is 1.20 bits per heavy atom. The van der Waals surface area contributed by atoms with Gasteiger partial charge in [-0.05, 0) is 43.2 Å². The lowest BCUT2D eigenvalue weighted by atomic mass is 10.1. The minimum absolute atomic E-state index is 0.0410. The fourth-order valence-corrected chi connectivity index (χ4v) is 1.80. The lowest BCUT2D eigenvalue weighted by Crippen LogP contribution is -1.93. The van der Waals surface area contributed by atoms with Gasteiger partial charge in [-0.3, -0.25) is 10.1 Å². The van der Waals surface area contributed by atoms with Gasteiger partial charge in [0.15, 0.2) is 0 Å². The minimum Gasteiger partial charge on any atom is -0.457 e. The predicted octanol–water partition coefficient (Wildman–Crippen LogP) is 3.75. The number of hydrogen-bond donors (Lipinski definition) is 1. The molecule has 0 aliphatic carbocycles. The van der Waals surface area contributed by atoms with Gasteiger partial charge in [0.2, 0.25) is 0 Å². The molecule has 2 rings (SSSR count). The summed E-state index contributed by atoms with van der Waals surface area (Å²) in [5, 5.41) is 20.1. The number of ether oxygens (including phenoxy) is 1. The van der Waals surface area contributed by atoms with Crippen molar-refractivity contribution in [3.05, 3.63) is 63.7 Å². The summed E-state index contributed by atoms with van der Waals surface area (Å²) >= 11 is 0. The van der Waals surface area contributed by atoms with Gasteiger partial charge in [-0.15, -0.1) is 0 Å². The monoisotopic (exact) mass is 273 g/mol. The highest BCUT2D eigenvalue weighted by molar-refractivity contribution is 5.45. The molecule has 5 nitrogen and oxygen atoms in total. The van der Waals surface area contributed by atoms with Gasteiger partial charge in [0, 0.05) is 12.1 Å². The van der Waals surface area contributed by atoms with E-state index in [2.05, 4.69) is 0 Å². The topological polar surface area (TPSA) is 72.6 Å². The van der Waals surface area contributed by atoms with E-state index in [1.54, 1.807) is 44.2 Å². The summed E-state index contributed by atoms with van der Waals surface area (Å²) in [5.41, 5.74) is 1.54. The molecule has 1 atom stereocenters. The van der Waals surface area contributed by atoms with Crippen molar-refractivity contribution in [1.82, 2.24) is 0 Å². The van der Waals surface area contributed by atoms with Crippen LogP contribution in [0.2, 0.25) is 0 Å². The van der Waals surface area contributed by atoms with Crippen LogP contribution in [0.25, 0.3) is 0 Å². The Balaban J connectivity index is 2.19. The highest BCUT2D eigenvalue weighted by atomic mass is 16.6. The number of benzene rings is 2. The van der Waals surface area contributed by atoms with Crippen LogP contribution in [-0.2, 0) is 0 Å². The fraction of sp³-hybridized carbons (Fsp3) is 0.200. The van der Waals surface area contributed by atoms with Gasteiger partial charge in [-0.1, -0.05) is 12.1 Å². The van der Waals surface area contributed by atoms with E-state index < -0.39 is 11.0 Å². The maximum Gasteiger partial charge on any atom is 0.269 e. The normalized spacial score (nSPS) is 11.9. The van der Waals surface area contributed by atoms with Crippen LogP contribution in [0.15, 0.2) is 42.5 Å². The zero-order valence-electron chi connectivity index (χ0n) is 11.2. The summed E-state index contributed by atoms with van der Waals surface area (Å²) in [6.07, 6.45) is -0.523. The minimum atomic E-state index is -0.523. The molecular formula is C15H15NO4. The van der Waals surface area contributed by atoms with Crippen molar-refractivity contribution in [3.63, 3.8) is 0 Å². The van der Waals surface area contributed by atoms with E-state index >= 15 is 0 Å². The molecule has 0 aromatic heterocycles. The third-order valence-electron chi connectivity index (χ3n) is 2.96. The number of nitro benzene ring substituents is 1. The van der Waals surface area contributed by atoms with Gasteiger partial charge in [0.05, 0.1) is 11.0 Å². The smallest absolute Gasteiger partial charge is 0.269 e. The number of hydrogen-bond acceptors (Lipinski definition) is 4. The molecule has 0 radical (unpaired) electrons. The number of rotatable bonds is 4. The van der Waals surface area contributed by atoms with Crippen molar-refractivity contribution in [2.24, 2.45) is 0 Å². The van der Waals surface area contributed by atoms with Crippen LogP contribution in [-0.4, -0.2) is 10.0 Å². The predicted molar refractivity (Wildman–Crippen MR) is 75.0 cm³/mol. The first-order valence-corrected chi connectivity index (χ1v) is 6.18. The molecule has 0 amide bonds. The van der Waals surface area contributed by atoms with Crippen LogP contribution in [0.4, 0.5) is 5.69 Å². The molecular weight excluding hydrogens is 258 g/mol. The molecule has 5 heteroatoms. The number of non-ortho nitro benzene ring substituents is 1. The second-order valence-electron chi connectivity index (χ2n) is 4.55. The lowest BCUT2D eigenvalue weighted by molar-refractivity contribution is -0.384. The lowest BCUT2D eigenvalue weighted by Gasteiger charge is -2.10. The van der Waals surface area contributed by atoms with E-state index in [9.17, 15) is 15.2 Å². The Bertz CT molecular complexity index is 620. The second kappa shape index (κ2) is 5.71. The van der Waals surface area contributed by atoms with Crippen LogP contribution >= 0.6 is 0 Å². The molecule has 0 aliphatic heterocycles. The Labute approximate surface area is 116 Å². The molecule has 0 spiro atoms. The van der Waals surface area contributed by atoms with Crippen LogP contribution in [0.1, 0.15) is 24.2 Å². The fourth-order valence-electron chi connectivity index (χ4n) is 1.80. The van der Waals surface area contributed by atoms with Crippen LogP contribution < -0.4 is 4.74 Å². The van der Waals surface area contributed by atoms with E-state index in [1.165, 1.54) is 12.1 Å². The molecule has 0 saturated carbocycles. The molecule has 0 bridgehead atoms. The maximum atomic E-state index is 10.7.